The number of ketones is 1. The lowest BCUT2D eigenvalue weighted by Crippen LogP contribution is -2.29. The SMILES string of the molecule is CCOc1ccc(N2C(=O)C(=O)/C(=C(/O)c3cc(Cl)cc(Cl)c3OC)C2c2cccnc2)cc1. The van der Waals surface area contributed by atoms with Crippen molar-refractivity contribution in [2.45, 2.75) is 13.0 Å². The standard InChI is InChI=1S/C25H20Cl2N2O5/c1-3-34-17-8-6-16(7-9-17)29-21(14-5-4-10-28-13-14)20(23(31)25(29)32)22(30)18-11-15(26)12-19(27)24(18)33-2/h4-13,21,30H,3H2,1-2H3/b22-20+. The molecule has 1 amide bonds. The number of aromatic nitrogens is 1. The van der Waals surface area contributed by atoms with Crippen LogP contribution in [0.2, 0.25) is 10.0 Å². The van der Waals surface area contributed by atoms with Crippen molar-refractivity contribution in [3.8, 4) is 11.5 Å². The zero-order valence-electron chi connectivity index (χ0n) is 18.3. The second kappa shape index (κ2) is 9.75. The maximum Gasteiger partial charge on any atom is 0.300 e. The normalized spacial score (nSPS) is 17.2. The van der Waals surface area contributed by atoms with Gasteiger partial charge in [-0.2, -0.15) is 0 Å². The Bertz CT molecular complexity index is 1280. The summed E-state index contributed by atoms with van der Waals surface area (Å²) in [5, 5.41) is 11.7. The number of anilines is 1. The zero-order chi connectivity index (χ0) is 24.4. The summed E-state index contributed by atoms with van der Waals surface area (Å²) in [5.74, 6) is -1.37. The average molecular weight is 499 g/mol. The largest absolute Gasteiger partial charge is 0.507 e. The molecule has 1 fully saturated rings. The third-order valence-electron chi connectivity index (χ3n) is 5.34. The topological polar surface area (TPSA) is 89.0 Å². The fourth-order valence-electron chi connectivity index (χ4n) is 3.91. The molecule has 0 bridgehead atoms. The molecule has 1 aromatic heterocycles. The van der Waals surface area contributed by atoms with Gasteiger partial charge < -0.3 is 14.6 Å². The van der Waals surface area contributed by atoms with E-state index in [9.17, 15) is 14.7 Å². The van der Waals surface area contributed by atoms with E-state index in [2.05, 4.69) is 4.98 Å². The van der Waals surface area contributed by atoms with E-state index < -0.39 is 23.5 Å². The highest BCUT2D eigenvalue weighted by molar-refractivity contribution is 6.51. The van der Waals surface area contributed by atoms with Gasteiger partial charge in [-0.3, -0.25) is 19.5 Å². The molecule has 1 unspecified atom stereocenters. The van der Waals surface area contributed by atoms with Crippen molar-refractivity contribution >= 4 is 46.3 Å². The molecule has 1 aliphatic rings. The smallest absolute Gasteiger partial charge is 0.300 e. The minimum Gasteiger partial charge on any atom is -0.507 e. The Morgan fingerprint density at radius 1 is 1.15 bits per heavy atom. The Morgan fingerprint density at radius 3 is 2.50 bits per heavy atom. The van der Waals surface area contributed by atoms with Crippen molar-refractivity contribution in [3.63, 3.8) is 0 Å². The first kappa shape index (κ1) is 23.6. The van der Waals surface area contributed by atoms with Crippen molar-refractivity contribution in [1.29, 1.82) is 0 Å². The van der Waals surface area contributed by atoms with E-state index in [0.29, 0.717) is 23.6 Å². The molecule has 0 aliphatic carbocycles. The molecule has 7 nitrogen and oxygen atoms in total. The monoisotopic (exact) mass is 498 g/mol. The van der Waals surface area contributed by atoms with Gasteiger partial charge in [0.2, 0.25) is 0 Å². The van der Waals surface area contributed by atoms with E-state index in [1.165, 1.54) is 30.3 Å². The molecule has 4 rings (SSSR count). The van der Waals surface area contributed by atoms with Crippen LogP contribution in [0.4, 0.5) is 5.69 Å². The molecular formula is C25H20Cl2N2O5. The minimum absolute atomic E-state index is 0.0959. The van der Waals surface area contributed by atoms with Gasteiger partial charge in [0.15, 0.2) is 0 Å². The van der Waals surface area contributed by atoms with Gasteiger partial charge >= 0.3 is 0 Å². The van der Waals surface area contributed by atoms with Crippen LogP contribution in [0, 0.1) is 0 Å². The second-order valence-corrected chi connectivity index (χ2v) is 8.19. The molecule has 0 radical (unpaired) electrons. The molecule has 2 aromatic carbocycles. The Labute approximate surface area is 206 Å². The third kappa shape index (κ3) is 4.20. The van der Waals surface area contributed by atoms with Gasteiger partial charge in [-0.1, -0.05) is 29.3 Å². The van der Waals surface area contributed by atoms with Gasteiger partial charge in [0.05, 0.1) is 35.9 Å². The lowest BCUT2D eigenvalue weighted by Gasteiger charge is -2.25. The average Bonchev–Trinajstić information content (AvgIpc) is 3.10. The summed E-state index contributed by atoms with van der Waals surface area (Å²) in [5.41, 5.74) is 0.945. The van der Waals surface area contributed by atoms with Crippen LogP contribution >= 0.6 is 23.2 Å². The first-order chi connectivity index (χ1) is 16.4. The van der Waals surface area contributed by atoms with Gasteiger partial charge in [-0.15, -0.1) is 0 Å². The molecule has 9 heteroatoms. The maximum atomic E-state index is 13.3. The van der Waals surface area contributed by atoms with Crippen molar-refractivity contribution in [3.05, 3.63) is 87.7 Å². The molecule has 3 aromatic rings. The van der Waals surface area contributed by atoms with E-state index >= 15 is 0 Å². The van der Waals surface area contributed by atoms with Crippen LogP contribution in [0.25, 0.3) is 5.76 Å². The zero-order valence-corrected chi connectivity index (χ0v) is 19.8. The van der Waals surface area contributed by atoms with E-state index in [1.54, 1.807) is 42.6 Å². The quantitative estimate of drug-likeness (QED) is 0.277. The highest BCUT2D eigenvalue weighted by Gasteiger charge is 2.47. The van der Waals surface area contributed by atoms with E-state index in [1.807, 2.05) is 6.92 Å². The fraction of sp³-hybridized carbons (Fsp3) is 0.160. The number of aliphatic hydroxyl groups excluding tert-OH is 1. The summed E-state index contributed by atoms with van der Waals surface area (Å²) in [6.45, 7) is 2.36. The Hall–Kier alpha value is -3.55. The summed E-state index contributed by atoms with van der Waals surface area (Å²) in [7, 11) is 1.38. The number of carbonyl (C=O) groups is 2. The number of nitrogens with zero attached hydrogens (tertiary/aromatic N) is 2. The van der Waals surface area contributed by atoms with Crippen molar-refractivity contribution in [2.24, 2.45) is 0 Å². The summed E-state index contributed by atoms with van der Waals surface area (Å²) in [6, 6.07) is 12.1. The molecule has 1 N–H and O–H groups in total. The van der Waals surface area contributed by atoms with Crippen LogP contribution < -0.4 is 14.4 Å². The van der Waals surface area contributed by atoms with Crippen molar-refractivity contribution < 1.29 is 24.2 Å². The van der Waals surface area contributed by atoms with Crippen LogP contribution in [-0.4, -0.2) is 35.5 Å². The first-order valence-electron chi connectivity index (χ1n) is 10.3. The molecule has 2 heterocycles. The van der Waals surface area contributed by atoms with Crippen LogP contribution in [-0.2, 0) is 9.59 Å². The third-order valence-corrected chi connectivity index (χ3v) is 5.84. The molecule has 0 saturated carbocycles. The van der Waals surface area contributed by atoms with Crippen LogP contribution in [0.5, 0.6) is 11.5 Å². The summed E-state index contributed by atoms with van der Waals surface area (Å²) in [4.78, 5) is 31.9. The van der Waals surface area contributed by atoms with Crippen molar-refractivity contribution in [2.75, 3.05) is 18.6 Å². The molecule has 1 saturated heterocycles. The predicted octanol–water partition coefficient (Wildman–Crippen LogP) is 5.42. The molecule has 1 aliphatic heterocycles. The number of hydrogen-bond acceptors (Lipinski definition) is 6. The van der Waals surface area contributed by atoms with Crippen molar-refractivity contribution in [1.82, 2.24) is 4.98 Å². The fourth-order valence-corrected chi connectivity index (χ4v) is 4.48. The van der Waals surface area contributed by atoms with Gasteiger partial charge in [0, 0.05) is 23.1 Å². The number of amides is 1. The van der Waals surface area contributed by atoms with E-state index in [-0.39, 0.29) is 26.9 Å². The number of hydrogen-bond donors (Lipinski definition) is 1. The van der Waals surface area contributed by atoms with Gasteiger partial charge in [-0.05, 0) is 55.0 Å². The van der Waals surface area contributed by atoms with Crippen LogP contribution in [0.3, 0.4) is 0 Å². The first-order valence-corrected chi connectivity index (χ1v) is 11.1. The van der Waals surface area contributed by atoms with Crippen LogP contribution in [0.15, 0.2) is 66.5 Å². The molecular weight excluding hydrogens is 479 g/mol. The molecule has 174 valence electrons. The highest BCUT2D eigenvalue weighted by atomic mass is 35.5. The van der Waals surface area contributed by atoms with Crippen LogP contribution in [0.1, 0.15) is 24.1 Å². The number of rotatable bonds is 6. The summed E-state index contributed by atoms with van der Waals surface area (Å²) < 4.78 is 10.8. The van der Waals surface area contributed by atoms with Gasteiger partial charge in [0.25, 0.3) is 11.7 Å². The van der Waals surface area contributed by atoms with E-state index in [0.717, 1.165) is 0 Å². The number of pyridine rings is 1. The minimum atomic E-state index is -0.950. The van der Waals surface area contributed by atoms with Gasteiger partial charge in [-0.25, -0.2) is 0 Å². The number of methoxy groups -OCH3 is 1. The summed E-state index contributed by atoms with van der Waals surface area (Å²) in [6.07, 6.45) is 3.11. The molecule has 34 heavy (non-hydrogen) atoms. The number of ether oxygens (including phenoxy) is 2. The maximum absolute atomic E-state index is 13.3. The summed E-state index contributed by atoms with van der Waals surface area (Å²) >= 11 is 12.4. The number of benzene rings is 2. The Kier molecular flexibility index (Phi) is 6.77. The number of carbonyl (C=O) groups excluding carboxylic acids is 2. The lowest BCUT2D eigenvalue weighted by atomic mass is 9.95. The Balaban J connectivity index is 1.94. The predicted molar refractivity (Wildman–Crippen MR) is 130 cm³/mol. The lowest BCUT2D eigenvalue weighted by molar-refractivity contribution is -0.132. The van der Waals surface area contributed by atoms with E-state index in [4.69, 9.17) is 32.7 Å². The molecule has 0 spiro atoms. The molecule has 1 atom stereocenters. The number of Topliss-reactive ketones (excluding diaryl/α,β-unsaturated/α-hetero) is 1. The van der Waals surface area contributed by atoms with Gasteiger partial charge in [0.1, 0.15) is 17.3 Å². The number of halogens is 2. The Morgan fingerprint density at radius 2 is 1.88 bits per heavy atom. The highest BCUT2D eigenvalue weighted by Crippen LogP contribution is 2.44. The number of aliphatic hydroxyl groups is 1. The second-order valence-electron chi connectivity index (χ2n) is 7.35.